The molecule has 0 aromatic heterocycles. The Balaban J connectivity index is 1.82. The Hall–Kier alpha value is -2.37. The van der Waals surface area contributed by atoms with Crippen molar-refractivity contribution in [2.45, 2.75) is 39.5 Å². The van der Waals surface area contributed by atoms with Gasteiger partial charge in [-0.05, 0) is 44.4 Å². The average Bonchev–Trinajstić information content (AvgIpc) is 2.91. The van der Waals surface area contributed by atoms with Crippen LogP contribution in [0.25, 0.3) is 0 Å². The van der Waals surface area contributed by atoms with Gasteiger partial charge in [0.15, 0.2) is 0 Å². The summed E-state index contributed by atoms with van der Waals surface area (Å²) >= 11 is 0. The first-order chi connectivity index (χ1) is 13.1. The standard InChI is InChI=1S/C22H25NO4/c1-4-25-18-9-6-5-8-17(18)14-23-20-16(3)11-10-15(2)19(20)22(21(23)24)26-12-7-13-27-22/h5-6,8-11H,4,7,12-14H2,1-3H3. The van der Waals surface area contributed by atoms with Gasteiger partial charge in [-0.15, -0.1) is 0 Å². The zero-order valence-electron chi connectivity index (χ0n) is 16.1. The van der Waals surface area contributed by atoms with E-state index in [1.807, 2.05) is 57.2 Å². The lowest BCUT2D eigenvalue weighted by Gasteiger charge is -2.33. The maximum Gasteiger partial charge on any atom is 0.292 e. The van der Waals surface area contributed by atoms with E-state index in [0.29, 0.717) is 26.4 Å². The Bertz CT molecular complexity index is 871. The van der Waals surface area contributed by atoms with Crippen LogP contribution in [0.4, 0.5) is 5.69 Å². The maximum absolute atomic E-state index is 13.6. The molecule has 0 bridgehead atoms. The lowest BCUT2D eigenvalue weighted by molar-refractivity contribution is -0.257. The first-order valence-corrected chi connectivity index (χ1v) is 9.49. The molecule has 0 radical (unpaired) electrons. The lowest BCUT2D eigenvalue weighted by atomic mass is 9.97. The molecule has 1 amide bonds. The second kappa shape index (κ2) is 6.98. The lowest BCUT2D eigenvalue weighted by Crippen LogP contribution is -2.47. The quantitative estimate of drug-likeness (QED) is 0.824. The number of aryl methyl sites for hydroxylation is 2. The summed E-state index contributed by atoms with van der Waals surface area (Å²) in [5.41, 5.74) is 4.75. The van der Waals surface area contributed by atoms with E-state index in [-0.39, 0.29) is 5.91 Å². The van der Waals surface area contributed by atoms with Crippen molar-refractivity contribution < 1.29 is 19.0 Å². The molecule has 1 spiro atoms. The summed E-state index contributed by atoms with van der Waals surface area (Å²) in [6.07, 6.45) is 0.794. The molecule has 2 heterocycles. The Morgan fingerprint density at radius 3 is 2.52 bits per heavy atom. The number of carbonyl (C=O) groups excluding carboxylic acids is 1. The van der Waals surface area contributed by atoms with E-state index in [1.54, 1.807) is 4.90 Å². The van der Waals surface area contributed by atoms with Gasteiger partial charge in [-0.25, -0.2) is 0 Å². The minimum absolute atomic E-state index is 0.152. The molecule has 2 aromatic carbocycles. The van der Waals surface area contributed by atoms with Gasteiger partial charge >= 0.3 is 0 Å². The van der Waals surface area contributed by atoms with E-state index in [0.717, 1.165) is 40.1 Å². The molecule has 2 aliphatic rings. The monoisotopic (exact) mass is 367 g/mol. The molecule has 0 atom stereocenters. The van der Waals surface area contributed by atoms with Gasteiger partial charge in [0.05, 0.1) is 32.1 Å². The van der Waals surface area contributed by atoms with Crippen molar-refractivity contribution in [3.63, 3.8) is 0 Å². The highest BCUT2D eigenvalue weighted by Gasteiger charge is 2.56. The highest BCUT2D eigenvalue weighted by Crippen LogP contribution is 2.49. The number of ether oxygens (including phenoxy) is 3. The molecule has 0 saturated carbocycles. The fourth-order valence-corrected chi connectivity index (χ4v) is 4.00. The zero-order valence-corrected chi connectivity index (χ0v) is 16.1. The van der Waals surface area contributed by atoms with E-state index < -0.39 is 5.79 Å². The zero-order chi connectivity index (χ0) is 19.0. The van der Waals surface area contributed by atoms with Crippen LogP contribution in [0.5, 0.6) is 5.75 Å². The number of fused-ring (bicyclic) bond motifs is 2. The fourth-order valence-electron chi connectivity index (χ4n) is 4.00. The van der Waals surface area contributed by atoms with E-state index in [2.05, 4.69) is 0 Å². The van der Waals surface area contributed by atoms with Crippen molar-refractivity contribution in [1.29, 1.82) is 0 Å². The molecule has 142 valence electrons. The van der Waals surface area contributed by atoms with Crippen molar-refractivity contribution in [2.75, 3.05) is 24.7 Å². The number of para-hydroxylation sites is 1. The van der Waals surface area contributed by atoms with Crippen LogP contribution in [0.2, 0.25) is 0 Å². The molecule has 5 nitrogen and oxygen atoms in total. The molecular weight excluding hydrogens is 342 g/mol. The molecule has 1 fully saturated rings. The molecule has 0 aliphatic carbocycles. The molecule has 1 saturated heterocycles. The smallest absolute Gasteiger partial charge is 0.292 e. The van der Waals surface area contributed by atoms with Crippen LogP contribution in [-0.2, 0) is 26.6 Å². The van der Waals surface area contributed by atoms with Gasteiger partial charge in [-0.3, -0.25) is 4.79 Å². The molecule has 0 unspecified atom stereocenters. The Kier molecular flexibility index (Phi) is 4.66. The molecule has 0 N–H and O–H groups in total. The minimum Gasteiger partial charge on any atom is -0.494 e. The van der Waals surface area contributed by atoms with Gasteiger partial charge < -0.3 is 19.1 Å². The Morgan fingerprint density at radius 2 is 1.78 bits per heavy atom. The summed E-state index contributed by atoms with van der Waals surface area (Å²) in [5.74, 6) is -0.670. The van der Waals surface area contributed by atoms with Crippen molar-refractivity contribution in [3.8, 4) is 5.75 Å². The van der Waals surface area contributed by atoms with Crippen molar-refractivity contribution in [1.82, 2.24) is 0 Å². The molecular formula is C22H25NO4. The summed E-state index contributed by atoms with van der Waals surface area (Å²) in [6.45, 7) is 8.01. The predicted molar refractivity (Wildman–Crippen MR) is 103 cm³/mol. The van der Waals surface area contributed by atoms with Gasteiger partial charge in [-0.2, -0.15) is 0 Å². The molecule has 2 aromatic rings. The summed E-state index contributed by atoms with van der Waals surface area (Å²) in [7, 11) is 0. The van der Waals surface area contributed by atoms with E-state index in [4.69, 9.17) is 14.2 Å². The second-order valence-corrected chi connectivity index (χ2v) is 7.02. The van der Waals surface area contributed by atoms with Gasteiger partial charge in [0.2, 0.25) is 0 Å². The molecule has 4 rings (SSSR count). The first-order valence-electron chi connectivity index (χ1n) is 9.49. The molecule has 5 heteroatoms. The summed E-state index contributed by atoms with van der Waals surface area (Å²) in [6, 6.07) is 11.9. The number of amides is 1. The number of hydrogen-bond donors (Lipinski definition) is 0. The van der Waals surface area contributed by atoms with Crippen LogP contribution in [0, 0.1) is 13.8 Å². The average molecular weight is 367 g/mol. The third kappa shape index (κ3) is 2.82. The number of rotatable bonds is 4. The summed E-state index contributed by atoms with van der Waals surface area (Å²) < 4.78 is 17.8. The van der Waals surface area contributed by atoms with Crippen LogP contribution < -0.4 is 9.64 Å². The van der Waals surface area contributed by atoms with Crippen molar-refractivity contribution in [2.24, 2.45) is 0 Å². The number of carbonyl (C=O) groups is 1. The van der Waals surface area contributed by atoms with Gasteiger partial charge in [-0.1, -0.05) is 30.3 Å². The largest absolute Gasteiger partial charge is 0.494 e. The number of anilines is 1. The van der Waals surface area contributed by atoms with E-state index in [1.165, 1.54) is 0 Å². The topological polar surface area (TPSA) is 48.0 Å². The summed E-state index contributed by atoms with van der Waals surface area (Å²) in [4.78, 5) is 15.3. The SMILES string of the molecule is CCOc1ccccc1CN1C(=O)C2(OCCCO2)c2c(C)ccc(C)c21. The van der Waals surface area contributed by atoms with Crippen LogP contribution >= 0.6 is 0 Å². The Labute approximate surface area is 159 Å². The molecule has 2 aliphatic heterocycles. The van der Waals surface area contributed by atoms with Crippen LogP contribution in [-0.4, -0.2) is 25.7 Å². The summed E-state index contributed by atoms with van der Waals surface area (Å²) in [5, 5.41) is 0. The normalized spacial score (nSPS) is 18.0. The highest BCUT2D eigenvalue weighted by molar-refractivity contribution is 6.07. The van der Waals surface area contributed by atoms with Crippen LogP contribution in [0.1, 0.15) is 35.6 Å². The second-order valence-electron chi connectivity index (χ2n) is 7.02. The van der Waals surface area contributed by atoms with Crippen molar-refractivity contribution in [3.05, 3.63) is 58.7 Å². The molecule has 27 heavy (non-hydrogen) atoms. The highest BCUT2D eigenvalue weighted by atomic mass is 16.7. The van der Waals surface area contributed by atoms with Crippen LogP contribution in [0.3, 0.4) is 0 Å². The van der Waals surface area contributed by atoms with Gasteiger partial charge in [0, 0.05) is 11.1 Å². The van der Waals surface area contributed by atoms with E-state index >= 15 is 0 Å². The third-order valence-corrected chi connectivity index (χ3v) is 5.21. The van der Waals surface area contributed by atoms with Crippen molar-refractivity contribution >= 4 is 11.6 Å². The number of hydrogen-bond acceptors (Lipinski definition) is 4. The Morgan fingerprint density at radius 1 is 1.07 bits per heavy atom. The third-order valence-electron chi connectivity index (χ3n) is 5.21. The predicted octanol–water partition coefficient (Wildman–Crippen LogP) is 3.84. The first kappa shape index (κ1) is 18.0. The van der Waals surface area contributed by atoms with Crippen LogP contribution in [0.15, 0.2) is 36.4 Å². The van der Waals surface area contributed by atoms with Gasteiger partial charge in [0.1, 0.15) is 5.75 Å². The number of benzene rings is 2. The van der Waals surface area contributed by atoms with Gasteiger partial charge in [0.25, 0.3) is 11.7 Å². The maximum atomic E-state index is 13.6. The minimum atomic E-state index is -1.32. The number of nitrogens with zero attached hydrogens (tertiary/aromatic N) is 1. The van der Waals surface area contributed by atoms with E-state index in [9.17, 15) is 4.79 Å². The fraction of sp³-hybridized carbons (Fsp3) is 0.409.